The monoisotopic (exact) mass is 485 g/mol. The Kier molecular flexibility index (Phi) is 6.50. The van der Waals surface area contributed by atoms with Gasteiger partial charge in [-0.05, 0) is 54.4 Å². The molecule has 36 heavy (non-hydrogen) atoms. The van der Waals surface area contributed by atoms with Crippen LogP contribution >= 0.6 is 0 Å². The molecule has 10 nitrogen and oxygen atoms in total. The molecule has 2 aromatic carbocycles. The quantitative estimate of drug-likeness (QED) is 0.332. The largest absolute Gasteiger partial charge is 0.391 e. The number of pyridine rings is 1. The van der Waals surface area contributed by atoms with Crippen molar-refractivity contribution in [3.63, 3.8) is 0 Å². The molecule has 0 aliphatic carbocycles. The van der Waals surface area contributed by atoms with Crippen molar-refractivity contribution in [3.8, 4) is 0 Å². The minimum atomic E-state index is -0.477. The van der Waals surface area contributed by atoms with Crippen LogP contribution in [0, 0.1) is 0 Å². The molecule has 10 heteroatoms. The number of aliphatic hydroxyl groups excluding tert-OH is 1. The Morgan fingerprint density at radius 3 is 2.81 bits per heavy atom. The number of nitrogens with zero attached hydrogens (tertiary/aromatic N) is 4. The first-order valence-electron chi connectivity index (χ1n) is 11.7. The lowest BCUT2D eigenvalue weighted by molar-refractivity contribution is 0.102. The Bertz CT molecular complexity index is 1420. The van der Waals surface area contributed by atoms with E-state index in [9.17, 15) is 14.7 Å². The van der Waals surface area contributed by atoms with E-state index in [-0.39, 0.29) is 11.9 Å². The third-order valence-corrected chi connectivity index (χ3v) is 6.04. The molecule has 0 radical (unpaired) electrons. The summed E-state index contributed by atoms with van der Waals surface area (Å²) in [6.07, 6.45) is 3.65. The van der Waals surface area contributed by atoms with Crippen molar-refractivity contribution >= 4 is 40.0 Å². The molecule has 0 saturated carbocycles. The number of likely N-dealkylation sites (tertiary alicyclic amines) is 1. The summed E-state index contributed by atoms with van der Waals surface area (Å²) in [5, 5.41) is 24.1. The van der Waals surface area contributed by atoms with Crippen LogP contribution in [-0.4, -0.2) is 55.9 Å². The fourth-order valence-electron chi connectivity index (χ4n) is 4.22. The highest BCUT2D eigenvalue weighted by Gasteiger charge is 2.24. The van der Waals surface area contributed by atoms with Crippen LogP contribution in [0.1, 0.15) is 22.3 Å². The molecule has 1 aliphatic rings. The molecule has 1 aliphatic heterocycles. The average molecular weight is 486 g/mol. The maximum Gasteiger partial charge on any atom is 0.323 e. The SMILES string of the molecule is Cn1cc2ccc(NC(=O)c3ccccc3NCc3ccnc(NC(=O)N4CCC(O)C4)c3)cc2n1. The molecule has 2 aromatic heterocycles. The Balaban J connectivity index is 1.24. The minimum absolute atomic E-state index is 0.233. The highest BCUT2D eigenvalue weighted by Crippen LogP contribution is 2.21. The van der Waals surface area contributed by atoms with Gasteiger partial charge in [-0.3, -0.25) is 14.8 Å². The first kappa shape index (κ1) is 23.3. The van der Waals surface area contributed by atoms with Crippen LogP contribution in [0.15, 0.2) is 67.0 Å². The molecule has 4 N–H and O–H groups in total. The highest BCUT2D eigenvalue weighted by molar-refractivity contribution is 6.08. The van der Waals surface area contributed by atoms with Gasteiger partial charge in [0, 0.05) is 55.8 Å². The lowest BCUT2D eigenvalue weighted by Crippen LogP contribution is -2.33. The van der Waals surface area contributed by atoms with Crippen molar-refractivity contribution < 1.29 is 14.7 Å². The second kappa shape index (κ2) is 10.0. The summed E-state index contributed by atoms with van der Waals surface area (Å²) in [6.45, 7) is 1.27. The van der Waals surface area contributed by atoms with Crippen LogP contribution in [0.3, 0.4) is 0 Å². The molecule has 0 bridgehead atoms. The Labute approximate surface area is 207 Å². The van der Waals surface area contributed by atoms with E-state index in [1.807, 2.05) is 55.7 Å². The fraction of sp³-hybridized carbons (Fsp3) is 0.231. The Hall–Kier alpha value is -4.44. The number of carbonyl (C=O) groups is 2. The average Bonchev–Trinajstić information content (AvgIpc) is 3.47. The van der Waals surface area contributed by atoms with Crippen LogP contribution in [0.25, 0.3) is 10.9 Å². The van der Waals surface area contributed by atoms with Gasteiger partial charge in [0.25, 0.3) is 5.91 Å². The summed E-state index contributed by atoms with van der Waals surface area (Å²) in [5.41, 5.74) is 3.55. The molecule has 1 saturated heterocycles. The third kappa shape index (κ3) is 5.28. The molecule has 3 amide bonds. The lowest BCUT2D eigenvalue weighted by atomic mass is 10.1. The molecular weight excluding hydrogens is 458 g/mol. The van der Waals surface area contributed by atoms with E-state index in [0.717, 1.165) is 16.5 Å². The number of aromatic nitrogens is 3. The van der Waals surface area contributed by atoms with E-state index in [1.54, 1.807) is 27.9 Å². The van der Waals surface area contributed by atoms with Gasteiger partial charge in [0.15, 0.2) is 0 Å². The molecule has 1 unspecified atom stereocenters. The lowest BCUT2D eigenvalue weighted by Gasteiger charge is -2.16. The Morgan fingerprint density at radius 1 is 1.11 bits per heavy atom. The number of aliphatic hydroxyl groups is 1. The fourth-order valence-corrected chi connectivity index (χ4v) is 4.22. The highest BCUT2D eigenvalue weighted by atomic mass is 16.3. The number of β-amino-alcohol motifs (C(OH)–C–C–N with tert-alkyl or cyclic N) is 1. The first-order valence-corrected chi connectivity index (χ1v) is 11.7. The number of fused-ring (bicyclic) bond motifs is 1. The van der Waals surface area contributed by atoms with Crippen LogP contribution in [0.4, 0.5) is 22.0 Å². The van der Waals surface area contributed by atoms with Crippen LogP contribution < -0.4 is 16.0 Å². The van der Waals surface area contributed by atoms with Gasteiger partial charge in [0.2, 0.25) is 0 Å². The summed E-state index contributed by atoms with van der Waals surface area (Å²) < 4.78 is 1.74. The number of anilines is 3. The van der Waals surface area contributed by atoms with Gasteiger partial charge in [-0.25, -0.2) is 9.78 Å². The number of aryl methyl sites for hydroxylation is 1. The zero-order valence-electron chi connectivity index (χ0n) is 19.8. The number of amides is 3. The number of nitrogens with one attached hydrogen (secondary N) is 3. The van der Waals surface area contributed by atoms with Crippen molar-refractivity contribution in [1.82, 2.24) is 19.7 Å². The molecule has 5 rings (SSSR count). The van der Waals surface area contributed by atoms with E-state index < -0.39 is 6.10 Å². The van der Waals surface area contributed by atoms with E-state index >= 15 is 0 Å². The van der Waals surface area contributed by atoms with Gasteiger partial charge in [-0.1, -0.05) is 12.1 Å². The molecule has 4 aromatic rings. The standard InChI is InChI=1S/C26H27N7O3/c1-32-15-18-6-7-19(13-23(18)31-32)29-25(35)21-4-2-3-5-22(21)28-14-17-8-10-27-24(12-17)30-26(36)33-11-9-20(34)16-33/h2-8,10,12-13,15,20,28,34H,9,11,14,16H2,1H3,(H,29,35)(H,27,30,36). The van der Waals surface area contributed by atoms with Crippen molar-refractivity contribution in [1.29, 1.82) is 0 Å². The zero-order chi connectivity index (χ0) is 25.1. The van der Waals surface area contributed by atoms with Gasteiger partial charge >= 0.3 is 6.03 Å². The Morgan fingerprint density at radius 2 is 1.97 bits per heavy atom. The van der Waals surface area contributed by atoms with Crippen molar-refractivity contribution in [2.24, 2.45) is 7.05 Å². The van der Waals surface area contributed by atoms with Gasteiger partial charge in [-0.15, -0.1) is 0 Å². The predicted octanol–water partition coefficient (Wildman–Crippen LogP) is 3.43. The molecule has 1 atom stereocenters. The number of rotatable bonds is 6. The van der Waals surface area contributed by atoms with E-state index in [1.165, 1.54) is 0 Å². The molecule has 0 spiro atoms. The summed E-state index contributed by atoms with van der Waals surface area (Å²) in [7, 11) is 1.86. The maximum atomic E-state index is 13.1. The van der Waals surface area contributed by atoms with Crippen LogP contribution in [0.2, 0.25) is 0 Å². The number of carbonyl (C=O) groups excluding carboxylic acids is 2. The minimum Gasteiger partial charge on any atom is -0.391 e. The van der Waals surface area contributed by atoms with Gasteiger partial charge in [0.1, 0.15) is 5.82 Å². The molecule has 184 valence electrons. The van der Waals surface area contributed by atoms with Crippen LogP contribution in [-0.2, 0) is 13.6 Å². The second-order valence-corrected chi connectivity index (χ2v) is 8.80. The number of hydrogen-bond donors (Lipinski definition) is 4. The number of benzene rings is 2. The third-order valence-electron chi connectivity index (χ3n) is 6.04. The maximum absolute atomic E-state index is 13.1. The predicted molar refractivity (Wildman–Crippen MR) is 138 cm³/mol. The first-order chi connectivity index (χ1) is 17.4. The van der Waals surface area contributed by atoms with Gasteiger partial charge in [0.05, 0.1) is 17.2 Å². The van der Waals surface area contributed by atoms with Gasteiger partial charge < -0.3 is 20.6 Å². The summed E-state index contributed by atoms with van der Waals surface area (Å²) in [6, 6.07) is 16.3. The summed E-state index contributed by atoms with van der Waals surface area (Å²) in [5.74, 6) is 0.195. The number of hydrogen-bond acceptors (Lipinski definition) is 6. The topological polar surface area (TPSA) is 124 Å². The normalized spacial score (nSPS) is 15.2. The molecular formula is C26H27N7O3. The van der Waals surface area contributed by atoms with E-state index in [0.29, 0.717) is 48.8 Å². The summed E-state index contributed by atoms with van der Waals surface area (Å²) in [4.78, 5) is 31.2. The summed E-state index contributed by atoms with van der Waals surface area (Å²) >= 11 is 0. The van der Waals surface area contributed by atoms with Crippen molar-refractivity contribution in [3.05, 3.63) is 78.1 Å². The smallest absolute Gasteiger partial charge is 0.323 e. The number of para-hydroxylation sites is 1. The van der Waals surface area contributed by atoms with E-state index in [4.69, 9.17) is 0 Å². The van der Waals surface area contributed by atoms with Crippen molar-refractivity contribution in [2.45, 2.75) is 19.1 Å². The molecule has 3 heterocycles. The van der Waals surface area contributed by atoms with Gasteiger partial charge in [-0.2, -0.15) is 5.10 Å². The van der Waals surface area contributed by atoms with E-state index in [2.05, 4.69) is 26.0 Å². The zero-order valence-corrected chi connectivity index (χ0v) is 19.8. The number of urea groups is 1. The van der Waals surface area contributed by atoms with Crippen molar-refractivity contribution in [2.75, 3.05) is 29.0 Å². The second-order valence-electron chi connectivity index (χ2n) is 8.80. The molecule has 1 fully saturated rings. The van der Waals surface area contributed by atoms with Crippen LogP contribution in [0.5, 0.6) is 0 Å².